The van der Waals surface area contributed by atoms with Crippen molar-refractivity contribution in [2.45, 2.75) is 199 Å². The molecule has 0 spiro atoms. The minimum atomic E-state index is -1.06. The van der Waals surface area contributed by atoms with E-state index < -0.39 is 30.7 Å². The normalized spacial score (nSPS) is 13.8. The molecule has 0 fully saturated rings. The van der Waals surface area contributed by atoms with Gasteiger partial charge < -0.3 is 20.1 Å². The van der Waals surface area contributed by atoms with Crippen LogP contribution in [0.15, 0.2) is 0 Å². The van der Waals surface area contributed by atoms with Crippen LogP contribution in [0, 0.1) is 5.92 Å². The van der Waals surface area contributed by atoms with Gasteiger partial charge in [-0.3, -0.25) is 4.79 Å². The second kappa shape index (κ2) is 31.3. The van der Waals surface area contributed by atoms with E-state index in [-0.39, 0.29) is 6.61 Å². The van der Waals surface area contributed by atoms with Crippen LogP contribution in [-0.4, -0.2) is 46.7 Å². The number of unbranched alkanes of at least 4 members (excludes halogenated alkanes) is 23. The fourth-order valence-electron chi connectivity index (χ4n) is 5.58. The van der Waals surface area contributed by atoms with Crippen molar-refractivity contribution < 1.29 is 24.9 Å². The molecule has 0 aromatic rings. The molecule has 0 radical (unpaired) electrons. The maximum absolute atomic E-state index is 12.7. The number of ether oxygens (including phenoxy) is 1. The summed E-state index contributed by atoms with van der Waals surface area (Å²) >= 11 is 0. The summed E-state index contributed by atoms with van der Waals surface area (Å²) in [5, 5.41) is 29.4. The maximum atomic E-state index is 12.7. The largest absolute Gasteiger partial charge is 0.463 e. The molecular weight excluding hydrogens is 500 g/mol. The lowest BCUT2D eigenvalue weighted by Gasteiger charge is -2.22. The highest BCUT2D eigenvalue weighted by atomic mass is 16.5. The van der Waals surface area contributed by atoms with Crippen molar-refractivity contribution in [2.24, 2.45) is 5.92 Å². The Balaban J connectivity index is 4.06. The van der Waals surface area contributed by atoms with Gasteiger partial charge in [0.05, 0.1) is 18.6 Å². The Morgan fingerprint density at radius 3 is 1.20 bits per heavy atom. The number of aliphatic hydroxyl groups is 3. The first-order valence-electron chi connectivity index (χ1n) is 17.7. The van der Waals surface area contributed by atoms with E-state index in [4.69, 9.17) is 9.84 Å². The summed E-state index contributed by atoms with van der Waals surface area (Å²) in [6.07, 6.45) is 31.4. The van der Waals surface area contributed by atoms with Crippen LogP contribution in [0.3, 0.4) is 0 Å². The number of rotatable bonds is 32. The predicted octanol–water partition coefficient (Wildman–Crippen LogP) is 9.43. The van der Waals surface area contributed by atoms with Gasteiger partial charge in [0.1, 0.15) is 12.7 Å². The van der Waals surface area contributed by atoms with Gasteiger partial charge in [-0.15, -0.1) is 0 Å². The Kier molecular flexibility index (Phi) is 30.8. The van der Waals surface area contributed by atoms with Gasteiger partial charge in [-0.25, -0.2) is 0 Å². The molecule has 3 atom stereocenters. The van der Waals surface area contributed by atoms with E-state index in [2.05, 4.69) is 13.8 Å². The van der Waals surface area contributed by atoms with Crippen LogP contribution >= 0.6 is 0 Å². The van der Waals surface area contributed by atoms with Gasteiger partial charge in [-0.05, 0) is 12.8 Å². The number of hydrogen-bond donors (Lipinski definition) is 3. The summed E-state index contributed by atoms with van der Waals surface area (Å²) in [7, 11) is 0. The predicted molar refractivity (Wildman–Crippen MR) is 170 cm³/mol. The number of esters is 1. The topological polar surface area (TPSA) is 87.0 Å². The van der Waals surface area contributed by atoms with Crippen LogP contribution in [-0.2, 0) is 9.53 Å². The minimum absolute atomic E-state index is 0.213. The van der Waals surface area contributed by atoms with Crippen molar-refractivity contribution in [1.29, 1.82) is 0 Å². The number of aliphatic hydroxyl groups excluding tert-OH is 3. The monoisotopic (exact) mass is 571 g/mol. The Morgan fingerprint density at radius 1 is 0.525 bits per heavy atom. The zero-order chi connectivity index (χ0) is 29.5. The molecule has 0 heterocycles. The first kappa shape index (κ1) is 39.4. The standard InChI is InChI=1S/C35H70O5/c1-3-5-7-9-11-13-15-17-19-21-23-25-27-29-34(38)33(35(39)40-31-32(37)30-36)28-26-24-22-20-18-16-14-12-10-8-6-4-2/h32-34,36-38H,3-31H2,1-2H3/t32-,33-,34+/m0/s1. The second-order valence-electron chi connectivity index (χ2n) is 12.3. The molecule has 5 nitrogen and oxygen atoms in total. The molecule has 0 rings (SSSR count). The average molecular weight is 571 g/mol. The SMILES string of the molecule is CCCCCCCCCCCCCCC[C@@H](O)[C@H](CCCCCCCCCCCCCC)C(=O)OC[C@@H](O)CO. The number of carbonyl (C=O) groups is 1. The van der Waals surface area contributed by atoms with Crippen LogP contribution in [0.25, 0.3) is 0 Å². The first-order chi connectivity index (χ1) is 19.6. The summed E-state index contributed by atoms with van der Waals surface area (Å²) in [6, 6.07) is 0. The van der Waals surface area contributed by atoms with Gasteiger partial charge >= 0.3 is 5.97 Å². The molecule has 0 aliphatic rings. The molecule has 3 N–H and O–H groups in total. The molecule has 0 saturated heterocycles. The summed E-state index contributed by atoms with van der Waals surface area (Å²) in [4.78, 5) is 12.7. The molecule has 5 heteroatoms. The smallest absolute Gasteiger partial charge is 0.311 e. The van der Waals surface area contributed by atoms with Gasteiger partial charge in [0.15, 0.2) is 0 Å². The van der Waals surface area contributed by atoms with Gasteiger partial charge in [-0.2, -0.15) is 0 Å². The third kappa shape index (κ3) is 26.3. The van der Waals surface area contributed by atoms with Gasteiger partial charge in [0.2, 0.25) is 0 Å². The summed E-state index contributed by atoms with van der Waals surface area (Å²) in [5.74, 6) is -0.968. The summed E-state index contributed by atoms with van der Waals surface area (Å²) in [6.45, 7) is 3.88. The zero-order valence-electron chi connectivity index (χ0n) is 26.9. The van der Waals surface area contributed by atoms with Crippen molar-refractivity contribution in [3.05, 3.63) is 0 Å². The van der Waals surface area contributed by atoms with E-state index in [0.29, 0.717) is 12.8 Å². The molecule has 40 heavy (non-hydrogen) atoms. The van der Waals surface area contributed by atoms with Crippen molar-refractivity contribution in [3.63, 3.8) is 0 Å². The third-order valence-electron chi connectivity index (χ3n) is 8.37. The van der Waals surface area contributed by atoms with Crippen LogP contribution in [0.1, 0.15) is 187 Å². The Morgan fingerprint density at radius 2 is 0.850 bits per heavy atom. The lowest BCUT2D eigenvalue weighted by molar-refractivity contribution is -0.156. The zero-order valence-corrected chi connectivity index (χ0v) is 26.9. The quantitative estimate of drug-likeness (QED) is 0.0554. The van der Waals surface area contributed by atoms with Crippen LogP contribution in [0.2, 0.25) is 0 Å². The van der Waals surface area contributed by atoms with Gasteiger partial charge in [0, 0.05) is 0 Å². The highest BCUT2D eigenvalue weighted by Gasteiger charge is 2.28. The Labute approximate surface area is 249 Å². The Bertz CT molecular complexity index is 512. The Hall–Kier alpha value is -0.650. The minimum Gasteiger partial charge on any atom is -0.463 e. The molecule has 0 amide bonds. The van der Waals surface area contributed by atoms with E-state index in [0.717, 1.165) is 25.7 Å². The highest BCUT2D eigenvalue weighted by molar-refractivity contribution is 5.73. The van der Waals surface area contributed by atoms with Crippen molar-refractivity contribution >= 4 is 5.97 Å². The van der Waals surface area contributed by atoms with Crippen LogP contribution < -0.4 is 0 Å². The van der Waals surface area contributed by atoms with E-state index in [1.807, 2.05) is 0 Å². The molecule has 0 bridgehead atoms. The summed E-state index contributed by atoms with van der Waals surface area (Å²) in [5.41, 5.74) is 0. The molecule has 0 aliphatic heterocycles. The number of carbonyl (C=O) groups excluding carboxylic acids is 1. The molecule has 0 aliphatic carbocycles. The highest BCUT2D eigenvalue weighted by Crippen LogP contribution is 2.22. The van der Waals surface area contributed by atoms with Crippen LogP contribution in [0.4, 0.5) is 0 Å². The van der Waals surface area contributed by atoms with Crippen LogP contribution in [0.5, 0.6) is 0 Å². The van der Waals surface area contributed by atoms with Gasteiger partial charge in [-0.1, -0.05) is 174 Å². The molecule has 0 aromatic heterocycles. The first-order valence-corrected chi connectivity index (χ1v) is 17.7. The summed E-state index contributed by atoms with van der Waals surface area (Å²) < 4.78 is 5.25. The molecule has 0 aromatic carbocycles. The van der Waals surface area contributed by atoms with E-state index in [1.165, 1.54) is 135 Å². The lowest BCUT2D eigenvalue weighted by atomic mass is 9.91. The lowest BCUT2D eigenvalue weighted by Crippen LogP contribution is -2.32. The fourth-order valence-corrected chi connectivity index (χ4v) is 5.58. The van der Waals surface area contributed by atoms with Crippen molar-refractivity contribution in [3.8, 4) is 0 Å². The molecule has 0 saturated carbocycles. The maximum Gasteiger partial charge on any atom is 0.311 e. The molecule has 0 unspecified atom stereocenters. The number of hydrogen-bond acceptors (Lipinski definition) is 5. The van der Waals surface area contributed by atoms with Crippen molar-refractivity contribution in [2.75, 3.05) is 13.2 Å². The molecule has 240 valence electrons. The van der Waals surface area contributed by atoms with E-state index >= 15 is 0 Å². The average Bonchev–Trinajstić information content (AvgIpc) is 2.96. The molecular formula is C35H70O5. The third-order valence-corrected chi connectivity index (χ3v) is 8.37. The van der Waals surface area contributed by atoms with Crippen molar-refractivity contribution in [1.82, 2.24) is 0 Å². The van der Waals surface area contributed by atoms with Gasteiger partial charge in [0.25, 0.3) is 0 Å². The van der Waals surface area contributed by atoms with E-state index in [1.54, 1.807) is 0 Å². The second-order valence-corrected chi connectivity index (χ2v) is 12.3. The fraction of sp³-hybridized carbons (Fsp3) is 0.971. The van der Waals surface area contributed by atoms with E-state index in [9.17, 15) is 15.0 Å².